The lowest BCUT2D eigenvalue weighted by atomic mass is 10.1. The van der Waals surface area contributed by atoms with Crippen molar-refractivity contribution in [2.75, 3.05) is 59.8 Å². The van der Waals surface area contributed by atoms with Crippen molar-refractivity contribution in [3.63, 3.8) is 0 Å². The van der Waals surface area contributed by atoms with Crippen LogP contribution in [0.5, 0.6) is 5.75 Å². The van der Waals surface area contributed by atoms with Gasteiger partial charge in [-0.1, -0.05) is 0 Å². The summed E-state index contributed by atoms with van der Waals surface area (Å²) in [6.07, 6.45) is 9.88. The van der Waals surface area contributed by atoms with Gasteiger partial charge in [0, 0.05) is 62.3 Å². The Labute approximate surface area is 259 Å². The fourth-order valence-electron chi connectivity index (χ4n) is 6.65. The second-order valence-electron chi connectivity index (χ2n) is 11.8. The first-order valence-corrected chi connectivity index (χ1v) is 15.3. The van der Waals surface area contributed by atoms with Gasteiger partial charge < -0.3 is 39.2 Å². The third-order valence-corrected chi connectivity index (χ3v) is 8.80. The number of hydrogen-bond donors (Lipinski definition) is 2. The van der Waals surface area contributed by atoms with Gasteiger partial charge in [-0.05, 0) is 55.3 Å². The summed E-state index contributed by atoms with van der Waals surface area (Å²) in [4.78, 5) is 39.9. The SMILES string of the molecule is Cn1cc(C=C2Oc3ccc(NC(=O)Nc4ccc(N5CCOCC5)nc4)cc3C2=O)c2c(N3CC4CCC(C3)O4)ccnc21. The van der Waals surface area contributed by atoms with Crippen LogP contribution in [0.25, 0.3) is 17.1 Å². The van der Waals surface area contributed by atoms with Gasteiger partial charge in [-0.3, -0.25) is 4.79 Å². The summed E-state index contributed by atoms with van der Waals surface area (Å²) >= 11 is 0. The highest BCUT2D eigenvalue weighted by molar-refractivity contribution is 6.16. The van der Waals surface area contributed by atoms with E-state index >= 15 is 0 Å². The monoisotopic (exact) mass is 607 g/mol. The Balaban J connectivity index is 0.988. The number of benzene rings is 1. The zero-order chi connectivity index (χ0) is 30.5. The van der Waals surface area contributed by atoms with Gasteiger partial charge in [0.05, 0.1) is 48.6 Å². The summed E-state index contributed by atoms with van der Waals surface area (Å²) < 4.78 is 19.5. The minimum atomic E-state index is -0.440. The quantitative estimate of drug-likeness (QED) is 0.317. The number of amides is 2. The van der Waals surface area contributed by atoms with E-state index in [0.29, 0.717) is 35.9 Å². The molecule has 12 heteroatoms. The molecule has 4 aromatic rings. The molecule has 2 atom stereocenters. The molecule has 4 aliphatic heterocycles. The van der Waals surface area contributed by atoms with Gasteiger partial charge in [0.25, 0.3) is 0 Å². The topological polar surface area (TPSA) is 123 Å². The van der Waals surface area contributed by atoms with E-state index in [2.05, 4.69) is 30.4 Å². The molecule has 0 radical (unpaired) electrons. The Kier molecular flexibility index (Phi) is 6.87. The Morgan fingerprint density at radius 2 is 1.76 bits per heavy atom. The molecule has 1 aromatic carbocycles. The summed E-state index contributed by atoms with van der Waals surface area (Å²) in [5, 5.41) is 6.59. The van der Waals surface area contributed by atoms with Crippen LogP contribution in [0.1, 0.15) is 28.8 Å². The Morgan fingerprint density at radius 1 is 0.978 bits per heavy atom. The molecule has 3 fully saturated rings. The molecule has 8 rings (SSSR count). The maximum atomic E-state index is 13.5. The van der Waals surface area contributed by atoms with Crippen LogP contribution in [-0.2, 0) is 16.5 Å². The zero-order valence-corrected chi connectivity index (χ0v) is 24.9. The minimum absolute atomic E-state index is 0.224. The number of urea groups is 1. The van der Waals surface area contributed by atoms with Crippen molar-refractivity contribution in [3.8, 4) is 5.75 Å². The van der Waals surface area contributed by atoms with E-state index in [-0.39, 0.29) is 23.8 Å². The first-order chi connectivity index (χ1) is 22.0. The predicted molar refractivity (Wildman–Crippen MR) is 170 cm³/mol. The Morgan fingerprint density at radius 3 is 2.53 bits per heavy atom. The smallest absolute Gasteiger partial charge is 0.323 e. The molecule has 3 saturated heterocycles. The summed E-state index contributed by atoms with van der Waals surface area (Å²) in [5.74, 6) is 1.27. The van der Waals surface area contributed by atoms with E-state index in [9.17, 15) is 9.59 Å². The number of carbonyl (C=O) groups excluding carboxylic acids is 2. The van der Waals surface area contributed by atoms with Crippen molar-refractivity contribution < 1.29 is 23.8 Å². The van der Waals surface area contributed by atoms with Gasteiger partial charge in [-0.15, -0.1) is 0 Å². The zero-order valence-electron chi connectivity index (χ0n) is 24.9. The third kappa shape index (κ3) is 5.25. The number of rotatable bonds is 5. The first kappa shape index (κ1) is 27.6. The van der Waals surface area contributed by atoms with Crippen LogP contribution in [-0.4, -0.2) is 78.0 Å². The number of carbonyl (C=O) groups is 2. The number of aryl methyl sites for hydroxylation is 1. The van der Waals surface area contributed by atoms with Gasteiger partial charge in [0.15, 0.2) is 5.76 Å². The van der Waals surface area contributed by atoms with Crippen molar-refractivity contribution >= 4 is 51.8 Å². The lowest BCUT2D eigenvalue weighted by Gasteiger charge is -2.34. The predicted octanol–water partition coefficient (Wildman–Crippen LogP) is 4.43. The molecule has 2 amide bonds. The molecular formula is C33H33N7O5. The number of ether oxygens (including phenoxy) is 3. The summed E-state index contributed by atoms with van der Waals surface area (Å²) in [5.41, 5.74) is 4.20. The lowest BCUT2D eigenvalue weighted by Crippen LogP contribution is -2.42. The Hall–Kier alpha value is -4.94. The maximum absolute atomic E-state index is 13.5. The molecule has 12 nitrogen and oxygen atoms in total. The second kappa shape index (κ2) is 11.2. The number of nitrogens with zero attached hydrogens (tertiary/aromatic N) is 5. The van der Waals surface area contributed by atoms with Gasteiger partial charge in [0.2, 0.25) is 5.78 Å². The van der Waals surface area contributed by atoms with Gasteiger partial charge in [-0.25, -0.2) is 14.8 Å². The van der Waals surface area contributed by atoms with Crippen molar-refractivity contribution in [1.82, 2.24) is 14.5 Å². The van der Waals surface area contributed by atoms with Crippen molar-refractivity contribution in [1.29, 1.82) is 0 Å². The van der Waals surface area contributed by atoms with Crippen LogP contribution < -0.4 is 25.2 Å². The van der Waals surface area contributed by atoms with Crippen molar-refractivity contribution in [2.45, 2.75) is 25.0 Å². The molecule has 0 spiro atoms. The first-order valence-electron chi connectivity index (χ1n) is 15.3. The standard InChI is InChI=1S/C33H33N7O5/c1-38-17-20(30-26(8-9-34-32(30)38)40-18-23-4-5-24(19-40)44-23)14-28-31(41)25-15-21(2-6-27(25)45-28)36-33(42)37-22-3-7-29(35-16-22)39-10-12-43-13-11-39/h2-3,6-9,14-17,23-24H,4-5,10-13,18-19H2,1H3,(H2,36,37,42). The molecule has 0 aliphatic carbocycles. The highest BCUT2D eigenvalue weighted by atomic mass is 16.5. The van der Waals surface area contributed by atoms with Crippen LogP contribution >= 0.6 is 0 Å². The third-order valence-electron chi connectivity index (χ3n) is 8.80. The fraction of sp³-hybridized carbons (Fsp3) is 0.333. The average molecular weight is 608 g/mol. The van der Waals surface area contributed by atoms with Gasteiger partial charge >= 0.3 is 6.03 Å². The van der Waals surface area contributed by atoms with Gasteiger partial charge in [-0.2, -0.15) is 0 Å². The maximum Gasteiger partial charge on any atom is 0.323 e. The number of aromatic nitrogens is 3. The number of fused-ring (bicyclic) bond motifs is 4. The normalized spacial score (nSPS) is 21.7. The van der Waals surface area contributed by atoms with E-state index in [0.717, 1.165) is 67.1 Å². The average Bonchev–Trinajstić information content (AvgIpc) is 3.68. The van der Waals surface area contributed by atoms with Crippen LogP contribution in [0.2, 0.25) is 0 Å². The van der Waals surface area contributed by atoms with E-state index in [1.165, 1.54) is 0 Å². The number of anilines is 4. The van der Waals surface area contributed by atoms with Crippen LogP contribution in [0.3, 0.4) is 0 Å². The minimum Gasteiger partial charge on any atom is -0.452 e. The number of nitrogens with one attached hydrogen (secondary N) is 2. The molecule has 4 aliphatic rings. The van der Waals surface area contributed by atoms with Gasteiger partial charge in [0.1, 0.15) is 17.2 Å². The number of allylic oxidation sites excluding steroid dienone is 1. The number of morpholine rings is 2. The van der Waals surface area contributed by atoms with Crippen LogP contribution in [0.15, 0.2) is 60.7 Å². The molecule has 2 bridgehead atoms. The molecule has 2 unspecified atom stereocenters. The molecular weight excluding hydrogens is 574 g/mol. The Bertz CT molecular complexity index is 1820. The van der Waals surface area contributed by atoms with Crippen molar-refractivity contribution in [2.24, 2.45) is 7.05 Å². The molecule has 230 valence electrons. The molecule has 0 saturated carbocycles. The molecule has 45 heavy (non-hydrogen) atoms. The van der Waals surface area contributed by atoms with Crippen LogP contribution in [0.4, 0.5) is 27.7 Å². The summed E-state index contributed by atoms with van der Waals surface area (Å²) in [6.45, 7) is 4.59. The van der Waals surface area contributed by atoms with E-state index in [1.807, 2.05) is 42.2 Å². The number of pyridine rings is 2. The number of hydrogen-bond acceptors (Lipinski definition) is 9. The highest BCUT2D eigenvalue weighted by Crippen LogP contribution is 2.38. The highest BCUT2D eigenvalue weighted by Gasteiger charge is 2.35. The number of ketones is 1. The summed E-state index contributed by atoms with van der Waals surface area (Å²) in [6, 6.07) is 10.3. The second-order valence-corrected chi connectivity index (χ2v) is 11.8. The number of Topliss-reactive ketones (excluding diaryl/α,β-unsaturated/α-hetero) is 1. The van der Waals surface area contributed by atoms with Crippen molar-refractivity contribution in [3.05, 3.63) is 71.9 Å². The molecule has 3 aromatic heterocycles. The fourth-order valence-corrected chi connectivity index (χ4v) is 6.65. The summed E-state index contributed by atoms with van der Waals surface area (Å²) in [7, 11) is 1.95. The van der Waals surface area contributed by atoms with E-state index in [1.54, 1.807) is 30.5 Å². The lowest BCUT2D eigenvalue weighted by molar-refractivity contribution is 0.0306. The van der Waals surface area contributed by atoms with Crippen LogP contribution in [0, 0.1) is 0 Å². The molecule has 2 N–H and O–H groups in total. The van der Waals surface area contributed by atoms with E-state index in [4.69, 9.17) is 14.2 Å². The molecule has 7 heterocycles. The largest absolute Gasteiger partial charge is 0.452 e. The van der Waals surface area contributed by atoms with E-state index < -0.39 is 6.03 Å².